The third-order valence-corrected chi connectivity index (χ3v) is 3.44. The maximum absolute atomic E-state index is 10.6. The van der Waals surface area contributed by atoms with Gasteiger partial charge in [-0.1, -0.05) is 0 Å². The number of hydrogen-bond donors (Lipinski definition) is 2. The van der Waals surface area contributed by atoms with Crippen molar-refractivity contribution in [2.75, 3.05) is 18.5 Å². The van der Waals surface area contributed by atoms with Crippen LogP contribution in [0.2, 0.25) is 0 Å². The van der Waals surface area contributed by atoms with Crippen molar-refractivity contribution >= 4 is 22.4 Å². The molecule has 1 saturated heterocycles. The van der Waals surface area contributed by atoms with E-state index in [0.29, 0.717) is 11.7 Å². The molecule has 1 aromatic rings. The lowest BCUT2D eigenvalue weighted by atomic mass is 10.0. The Balaban J connectivity index is 1.91. The highest BCUT2D eigenvalue weighted by atomic mass is 32.1. The normalized spacial score (nSPS) is 24.6. The van der Waals surface area contributed by atoms with Crippen LogP contribution < -0.4 is 5.32 Å². The van der Waals surface area contributed by atoms with E-state index in [9.17, 15) is 4.79 Å². The molecule has 2 heterocycles. The smallest absolute Gasteiger partial charge is 0.355 e. The Hall–Kier alpha value is -1.14. The summed E-state index contributed by atoms with van der Waals surface area (Å²) < 4.78 is 5.61. The molecule has 0 aromatic carbocycles. The Bertz CT molecular complexity index is 385. The topological polar surface area (TPSA) is 71.5 Å². The van der Waals surface area contributed by atoms with Crippen molar-refractivity contribution < 1.29 is 14.6 Å². The average Bonchev–Trinajstić information content (AvgIpc) is 2.84. The fourth-order valence-electron chi connectivity index (χ4n) is 1.69. The van der Waals surface area contributed by atoms with Crippen molar-refractivity contribution in [1.29, 1.82) is 0 Å². The zero-order valence-corrected chi connectivity index (χ0v) is 9.84. The van der Waals surface area contributed by atoms with E-state index in [-0.39, 0.29) is 11.3 Å². The summed E-state index contributed by atoms with van der Waals surface area (Å²) in [6.45, 7) is 3.52. The first kappa shape index (κ1) is 11.3. The number of rotatable bonds is 4. The first-order chi connectivity index (χ1) is 7.59. The fraction of sp³-hybridized carbons (Fsp3) is 0.600. The number of aromatic nitrogens is 1. The zero-order chi connectivity index (χ0) is 11.6. The second kappa shape index (κ2) is 4.39. The van der Waals surface area contributed by atoms with Crippen LogP contribution in [0.4, 0.5) is 5.13 Å². The molecule has 5 nitrogen and oxygen atoms in total. The third-order valence-electron chi connectivity index (χ3n) is 2.64. The van der Waals surface area contributed by atoms with E-state index in [4.69, 9.17) is 9.84 Å². The molecule has 0 amide bonds. The highest BCUT2D eigenvalue weighted by molar-refractivity contribution is 7.13. The molecular weight excluding hydrogens is 228 g/mol. The van der Waals surface area contributed by atoms with Crippen LogP contribution >= 0.6 is 11.3 Å². The van der Waals surface area contributed by atoms with E-state index in [1.807, 2.05) is 0 Å². The number of nitrogens with zero attached hydrogens (tertiary/aromatic N) is 1. The Morgan fingerprint density at radius 1 is 1.81 bits per heavy atom. The summed E-state index contributed by atoms with van der Waals surface area (Å²) in [7, 11) is 0. The van der Waals surface area contributed by atoms with Crippen molar-refractivity contribution in [1.82, 2.24) is 4.98 Å². The number of ether oxygens (including phenoxy) is 1. The van der Waals surface area contributed by atoms with Crippen LogP contribution in [-0.4, -0.2) is 34.8 Å². The molecule has 1 aromatic heterocycles. The van der Waals surface area contributed by atoms with Crippen molar-refractivity contribution in [2.24, 2.45) is 0 Å². The van der Waals surface area contributed by atoms with Crippen molar-refractivity contribution in [3.63, 3.8) is 0 Å². The molecular formula is C10H14N2O3S. The van der Waals surface area contributed by atoms with Gasteiger partial charge in [0.05, 0.1) is 5.60 Å². The summed E-state index contributed by atoms with van der Waals surface area (Å²) in [4.78, 5) is 14.6. The van der Waals surface area contributed by atoms with Gasteiger partial charge in [0.2, 0.25) is 0 Å². The van der Waals surface area contributed by atoms with Crippen LogP contribution in [0, 0.1) is 0 Å². The number of hydrogen-bond acceptors (Lipinski definition) is 5. The Morgan fingerprint density at radius 3 is 3.19 bits per heavy atom. The van der Waals surface area contributed by atoms with Gasteiger partial charge in [-0.25, -0.2) is 9.78 Å². The average molecular weight is 242 g/mol. The monoisotopic (exact) mass is 242 g/mol. The van der Waals surface area contributed by atoms with Gasteiger partial charge in [-0.3, -0.25) is 0 Å². The molecule has 1 fully saturated rings. The van der Waals surface area contributed by atoms with Gasteiger partial charge in [-0.2, -0.15) is 0 Å². The Morgan fingerprint density at radius 2 is 2.62 bits per heavy atom. The molecule has 1 aliphatic heterocycles. The number of aromatic carboxylic acids is 1. The maximum Gasteiger partial charge on any atom is 0.355 e. The summed E-state index contributed by atoms with van der Waals surface area (Å²) in [5, 5.41) is 14.0. The number of carboxylic acids is 1. The number of carbonyl (C=O) groups is 1. The quantitative estimate of drug-likeness (QED) is 0.842. The summed E-state index contributed by atoms with van der Waals surface area (Å²) in [5.41, 5.74) is -0.0558. The van der Waals surface area contributed by atoms with E-state index in [1.54, 1.807) is 0 Å². The largest absolute Gasteiger partial charge is 0.476 e. The van der Waals surface area contributed by atoms with Gasteiger partial charge in [-0.15, -0.1) is 11.3 Å². The fourth-order valence-corrected chi connectivity index (χ4v) is 2.38. The summed E-state index contributed by atoms with van der Waals surface area (Å²) in [6.07, 6.45) is 2.10. The molecule has 1 aliphatic rings. The van der Waals surface area contributed by atoms with Gasteiger partial charge in [-0.05, 0) is 19.8 Å². The molecule has 16 heavy (non-hydrogen) atoms. The SMILES string of the molecule is CC1(CNc2nc(C(=O)O)cs2)CCCO1. The van der Waals surface area contributed by atoms with Crippen molar-refractivity contribution in [3.8, 4) is 0 Å². The lowest BCUT2D eigenvalue weighted by Gasteiger charge is -2.22. The Kier molecular flexibility index (Phi) is 3.11. The van der Waals surface area contributed by atoms with Crippen LogP contribution in [0.1, 0.15) is 30.3 Å². The number of nitrogens with one attached hydrogen (secondary N) is 1. The molecule has 6 heteroatoms. The van der Waals surface area contributed by atoms with Gasteiger partial charge >= 0.3 is 5.97 Å². The van der Waals surface area contributed by atoms with Gasteiger partial charge < -0.3 is 15.2 Å². The maximum atomic E-state index is 10.6. The molecule has 2 N–H and O–H groups in total. The standard InChI is InChI=1S/C10H14N2O3S/c1-10(3-2-4-15-10)6-11-9-12-7(5-16-9)8(13)14/h5H,2-4,6H2,1H3,(H,11,12)(H,13,14). The van der Waals surface area contributed by atoms with E-state index in [2.05, 4.69) is 17.2 Å². The van der Waals surface area contributed by atoms with Crippen molar-refractivity contribution in [3.05, 3.63) is 11.1 Å². The van der Waals surface area contributed by atoms with Crippen LogP contribution in [0.15, 0.2) is 5.38 Å². The van der Waals surface area contributed by atoms with Crippen LogP contribution in [0.5, 0.6) is 0 Å². The molecule has 0 aliphatic carbocycles. The van der Waals surface area contributed by atoms with E-state index in [1.165, 1.54) is 16.7 Å². The molecule has 1 atom stereocenters. The second-order valence-electron chi connectivity index (χ2n) is 4.10. The molecule has 0 radical (unpaired) electrons. The third kappa shape index (κ3) is 2.51. The summed E-state index contributed by atoms with van der Waals surface area (Å²) >= 11 is 1.30. The van der Waals surface area contributed by atoms with E-state index in [0.717, 1.165) is 19.4 Å². The minimum atomic E-state index is -0.993. The minimum Gasteiger partial charge on any atom is -0.476 e. The van der Waals surface area contributed by atoms with Crippen LogP contribution in [-0.2, 0) is 4.74 Å². The molecule has 0 spiro atoms. The van der Waals surface area contributed by atoms with E-state index >= 15 is 0 Å². The number of anilines is 1. The molecule has 0 bridgehead atoms. The second-order valence-corrected chi connectivity index (χ2v) is 4.96. The Labute approximate surface area is 97.5 Å². The lowest BCUT2D eigenvalue weighted by Crippen LogP contribution is -2.32. The predicted molar refractivity (Wildman–Crippen MR) is 61.2 cm³/mol. The van der Waals surface area contributed by atoms with Crippen molar-refractivity contribution in [2.45, 2.75) is 25.4 Å². The van der Waals surface area contributed by atoms with E-state index < -0.39 is 5.97 Å². The first-order valence-corrected chi connectivity index (χ1v) is 6.04. The number of thiazole rings is 1. The zero-order valence-electron chi connectivity index (χ0n) is 9.02. The minimum absolute atomic E-state index is 0.0880. The highest BCUT2D eigenvalue weighted by Crippen LogP contribution is 2.26. The van der Waals surface area contributed by atoms with Gasteiger partial charge in [0.15, 0.2) is 10.8 Å². The lowest BCUT2D eigenvalue weighted by molar-refractivity contribution is 0.0315. The van der Waals surface area contributed by atoms with Gasteiger partial charge in [0.25, 0.3) is 0 Å². The molecule has 2 rings (SSSR count). The molecule has 88 valence electrons. The van der Waals surface area contributed by atoms with Gasteiger partial charge in [0.1, 0.15) is 0 Å². The predicted octanol–water partition coefficient (Wildman–Crippen LogP) is 1.82. The van der Waals surface area contributed by atoms with Crippen LogP contribution in [0.25, 0.3) is 0 Å². The molecule has 0 saturated carbocycles. The first-order valence-electron chi connectivity index (χ1n) is 5.16. The van der Waals surface area contributed by atoms with Crippen LogP contribution in [0.3, 0.4) is 0 Å². The number of carboxylic acid groups (broad SMARTS) is 1. The summed E-state index contributed by atoms with van der Waals surface area (Å²) in [6, 6.07) is 0. The van der Waals surface area contributed by atoms with Gasteiger partial charge in [0, 0.05) is 18.5 Å². The highest BCUT2D eigenvalue weighted by Gasteiger charge is 2.29. The summed E-state index contributed by atoms with van der Waals surface area (Å²) in [5.74, 6) is -0.993. The molecule has 1 unspecified atom stereocenters.